The minimum Gasteiger partial charge on any atom is -0.507 e. The lowest BCUT2D eigenvalue weighted by Crippen LogP contribution is -2.18. The lowest BCUT2D eigenvalue weighted by Gasteiger charge is -2.18. The second kappa shape index (κ2) is 6.76. The van der Waals surface area contributed by atoms with Gasteiger partial charge in [-0.25, -0.2) is 5.43 Å². The molecule has 1 heterocycles. The Kier molecular flexibility index (Phi) is 4.15. The van der Waals surface area contributed by atoms with Gasteiger partial charge in [0.15, 0.2) is 11.5 Å². The zero-order valence-electron chi connectivity index (χ0n) is 13.8. The second-order valence-electron chi connectivity index (χ2n) is 5.82. The van der Waals surface area contributed by atoms with E-state index in [9.17, 15) is 9.90 Å². The molecule has 0 radical (unpaired) electrons. The average molecular weight is 348 g/mol. The molecule has 3 aromatic carbocycles. The van der Waals surface area contributed by atoms with Crippen molar-refractivity contribution in [2.75, 3.05) is 13.2 Å². The fourth-order valence-corrected chi connectivity index (χ4v) is 2.78. The van der Waals surface area contributed by atoms with Crippen LogP contribution < -0.4 is 14.9 Å². The number of nitrogens with one attached hydrogen (secondary N) is 1. The molecule has 0 fully saturated rings. The van der Waals surface area contributed by atoms with Gasteiger partial charge in [0.05, 0.1) is 11.8 Å². The van der Waals surface area contributed by atoms with Gasteiger partial charge in [-0.3, -0.25) is 4.79 Å². The molecular weight excluding hydrogens is 332 g/mol. The van der Waals surface area contributed by atoms with Gasteiger partial charge in [-0.05, 0) is 46.7 Å². The van der Waals surface area contributed by atoms with Crippen molar-refractivity contribution in [2.24, 2.45) is 5.10 Å². The fourth-order valence-electron chi connectivity index (χ4n) is 2.78. The number of rotatable bonds is 3. The summed E-state index contributed by atoms with van der Waals surface area (Å²) >= 11 is 0. The number of hydrogen-bond donors (Lipinski definition) is 2. The Morgan fingerprint density at radius 1 is 1.00 bits per heavy atom. The summed E-state index contributed by atoms with van der Waals surface area (Å²) in [6.07, 6.45) is 1.51. The minimum absolute atomic E-state index is 0.0873. The first kappa shape index (κ1) is 16.0. The third-order valence-corrected chi connectivity index (χ3v) is 4.05. The molecule has 0 aromatic heterocycles. The molecule has 0 saturated carbocycles. The van der Waals surface area contributed by atoms with Crippen molar-refractivity contribution in [2.45, 2.75) is 0 Å². The van der Waals surface area contributed by atoms with E-state index < -0.39 is 5.91 Å². The number of fused-ring (bicyclic) bond motifs is 2. The zero-order chi connectivity index (χ0) is 17.9. The van der Waals surface area contributed by atoms with Crippen LogP contribution in [0.3, 0.4) is 0 Å². The Balaban J connectivity index is 1.50. The molecule has 0 unspecified atom stereocenters. The summed E-state index contributed by atoms with van der Waals surface area (Å²) in [6, 6.07) is 16.1. The molecule has 130 valence electrons. The Labute approximate surface area is 149 Å². The van der Waals surface area contributed by atoms with Crippen LogP contribution >= 0.6 is 0 Å². The van der Waals surface area contributed by atoms with Crippen LogP contribution in [0.15, 0.2) is 59.7 Å². The molecule has 6 heteroatoms. The third-order valence-electron chi connectivity index (χ3n) is 4.05. The molecule has 1 amide bonds. The van der Waals surface area contributed by atoms with Crippen molar-refractivity contribution in [1.82, 2.24) is 5.43 Å². The first-order valence-corrected chi connectivity index (χ1v) is 8.15. The molecule has 0 spiro atoms. The van der Waals surface area contributed by atoms with Crippen LogP contribution in [0, 0.1) is 0 Å². The highest BCUT2D eigenvalue weighted by Gasteiger charge is 2.13. The van der Waals surface area contributed by atoms with E-state index in [0.29, 0.717) is 24.7 Å². The minimum atomic E-state index is -0.484. The molecule has 0 saturated heterocycles. The molecule has 0 bridgehead atoms. The van der Waals surface area contributed by atoms with Crippen molar-refractivity contribution in [3.05, 3.63) is 65.7 Å². The Bertz CT molecular complexity index is 1010. The van der Waals surface area contributed by atoms with Crippen LogP contribution in [0.5, 0.6) is 17.2 Å². The molecule has 0 atom stereocenters. The van der Waals surface area contributed by atoms with E-state index in [-0.39, 0.29) is 11.3 Å². The van der Waals surface area contributed by atoms with Crippen molar-refractivity contribution in [1.29, 1.82) is 0 Å². The number of benzene rings is 3. The number of hydrogen-bond acceptors (Lipinski definition) is 5. The predicted molar refractivity (Wildman–Crippen MR) is 98.1 cm³/mol. The van der Waals surface area contributed by atoms with Crippen molar-refractivity contribution in [3.63, 3.8) is 0 Å². The van der Waals surface area contributed by atoms with Gasteiger partial charge in [-0.2, -0.15) is 5.10 Å². The first-order chi connectivity index (χ1) is 12.7. The number of amides is 1. The number of hydrazone groups is 1. The quantitative estimate of drug-likeness (QED) is 0.563. The summed E-state index contributed by atoms with van der Waals surface area (Å²) in [7, 11) is 0. The third kappa shape index (κ3) is 3.17. The van der Waals surface area contributed by atoms with Gasteiger partial charge < -0.3 is 14.6 Å². The molecule has 0 aliphatic carbocycles. The monoisotopic (exact) mass is 348 g/mol. The number of carbonyl (C=O) groups excluding carboxylic acids is 1. The van der Waals surface area contributed by atoms with Gasteiger partial charge in [-0.15, -0.1) is 0 Å². The smallest absolute Gasteiger partial charge is 0.275 e. The highest BCUT2D eigenvalue weighted by molar-refractivity contribution is 6.01. The maximum Gasteiger partial charge on any atom is 0.275 e. The Hall–Kier alpha value is -3.54. The number of phenolic OH excluding ortho intramolecular Hbond substituents is 1. The molecular formula is C20H16N2O4. The van der Waals surface area contributed by atoms with Crippen LogP contribution in [0.2, 0.25) is 0 Å². The van der Waals surface area contributed by atoms with E-state index in [1.807, 2.05) is 30.3 Å². The summed E-state index contributed by atoms with van der Waals surface area (Å²) in [5.74, 6) is 0.773. The summed E-state index contributed by atoms with van der Waals surface area (Å²) in [5, 5.41) is 15.8. The van der Waals surface area contributed by atoms with Gasteiger partial charge in [0.2, 0.25) is 0 Å². The van der Waals surface area contributed by atoms with Crippen molar-refractivity contribution < 1.29 is 19.4 Å². The van der Waals surface area contributed by atoms with Gasteiger partial charge in [0.25, 0.3) is 5.91 Å². The second-order valence-corrected chi connectivity index (χ2v) is 5.82. The van der Waals surface area contributed by atoms with Crippen LogP contribution in [-0.4, -0.2) is 30.4 Å². The fraction of sp³-hybridized carbons (Fsp3) is 0.100. The van der Waals surface area contributed by atoms with Crippen LogP contribution in [0.25, 0.3) is 10.8 Å². The van der Waals surface area contributed by atoms with Crippen LogP contribution in [-0.2, 0) is 0 Å². The number of aromatic hydroxyl groups is 1. The lowest BCUT2D eigenvalue weighted by molar-refractivity contribution is 0.0952. The van der Waals surface area contributed by atoms with Crippen LogP contribution in [0.4, 0.5) is 0 Å². The normalized spacial score (nSPS) is 13.1. The van der Waals surface area contributed by atoms with Crippen LogP contribution in [0.1, 0.15) is 15.9 Å². The Morgan fingerprint density at radius 3 is 2.54 bits per heavy atom. The highest BCUT2D eigenvalue weighted by Crippen LogP contribution is 2.30. The van der Waals surface area contributed by atoms with Gasteiger partial charge in [0, 0.05) is 0 Å². The SMILES string of the molecule is O=C(N/N=C\c1ccc2c(c1)OCCO2)c1cc2ccccc2cc1O. The number of phenols is 1. The van der Waals surface area contributed by atoms with E-state index in [2.05, 4.69) is 10.5 Å². The average Bonchev–Trinajstić information content (AvgIpc) is 2.67. The summed E-state index contributed by atoms with van der Waals surface area (Å²) in [4.78, 5) is 12.3. The molecule has 2 N–H and O–H groups in total. The van der Waals surface area contributed by atoms with Gasteiger partial charge >= 0.3 is 0 Å². The maximum absolute atomic E-state index is 12.3. The van der Waals surface area contributed by atoms with Crippen molar-refractivity contribution in [3.8, 4) is 17.2 Å². The van der Waals surface area contributed by atoms with E-state index in [4.69, 9.17) is 9.47 Å². The van der Waals surface area contributed by atoms with E-state index in [1.165, 1.54) is 6.21 Å². The van der Waals surface area contributed by atoms with Crippen molar-refractivity contribution >= 4 is 22.9 Å². The molecule has 4 rings (SSSR count). The van der Waals surface area contributed by atoms with E-state index in [1.54, 1.807) is 24.3 Å². The largest absolute Gasteiger partial charge is 0.507 e. The predicted octanol–water partition coefficient (Wildman–Crippen LogP) is 3.08. The summed E-state index contributed by atoms with van der Waals surface area (Å²) in [6.45, 7) is 1.04. The molecule has 1 aliphatic rings. The Morgan fingerprint density at radius 2 is 1.73 bits per heavy atom. The first-order valence-electron chi connectivity index (χ1n) is 8.15. The summed E-state index contributed by atoms with van der Waals surface area (Å²) in [5.41, 5.74) is 3.36. The number of nitrogens with zero attached hydrogens (tertiary/aromatic N) is 1. The molecule has 1 aliphatic heterocycles. The van der Waals surface area contributed by atoms with E-state index in [0.717, 1.165) is 16.3 Å². The number of carbonyl (C=O) groups is 1. The highest BCUT2D eigenvalue weighted by atomic mass is 16.6. The lowest BCUT2D eigenvalue weighted by atomic mass is 10.1. The van der Waals surface area contributed by atoms with E-state index >= 15 is 0 Å². The summed E-state index contributed by atoms with van der Waals surface area (Å²) < 4.78 is 11.0. The molecule has 6 nitrogen and oxygen atoms in total. The molecule has 3 aromatic rings. The maximum atomic E-state index is 12.3. The topological polar surface area (TPSA) is 80.2 Å². The van der Waals surface area contributed by atoms with Gasteiger partial charge in [0.1, 0.15) is 19.0 Å². The number of ether oxygens (including phenoxy) is 2. The molecule has 26 heavy (non-hydrogen) atoms. The standard InChI is InChI=1S/C20H16N2O4/c23-17-11-15-4-2-1-3-14(15)10-16(17)20(24)22-21-12-13-5-6-18-19(9-13)26-8-7-25-18/h1-6,9-12,23H,7-8H2,(H,22,24)/b21-12-. The van der Waals surface area contributed by atoms with Gasteiger partial charge in [-0.1, -0.05) is 24.3 Å². The zero-order valence-corrected chi connectivity index (χ0v) is 13.8.